The third-order valence-electron chi connectivity index (χ3n) is 3.83. The van der Waals surface area contributed by atoms with E-state index in [0.29, 0.717) is 6.04 Å². The van der Waals surface area contributed by atoms with Gasteiger partial charge in [0.05, 0.1) is 13.2 Å². The fourth-order valence-corrected chi connectivity index (χ4v) is 2.65. The standard InChI is InChI=1S/C14H19NO3/c1-17-13-8-2-10(3-9-13)14-15(18-14)11-4-6-12(16)7-5-11/h2-3,8-9,11-12,14,16H,4-7H2,1H3. The van der Waals surface area contributed by atoms with Gasteiger partial charge < -0.3 is 9.84 Å². The number of ether oxygens (including phenoxy) is 1. The number of aliphatic hydroxyl groups excluding tert-OH is 1. The molecule has 0 spiro atoms. The lowest BCUT2D eigenvalue weighted by atomic mass is 9.93. The normalized spacial score (nSPS) is 35.2. The van der Waals surface area contributed by atoms with Crippen molar-refractivity contribution in [3.63, 3.8) is 0 Å². The number of benzene rings is 1. The molecule has 1 aromatic rings. The Morgan fingerprint density at radius 1 is 1.17 bits per heavy atom. The quantitative estimate of drug-likeness (QED) is 0.834. The van der Waals surface area contributed by atoms with E-state index in [0.717, 1.165) is 31.4 Å². The molecular formula is C14H19NO3. The van der Waals surface area contributed by atoms with Crippen LogP contribution in [0.2, 0.25) is 0 Å². The highest BCUT2D eigenvalue weighted by molar-refractivity contribution is 5.29. The van der Waals surface area contributed by atoms with E-state index in [1.54, 1.807) is 7.11 Å². The highest BCUT2D eigenvalue weighted by atomic mass is 16.8. The third kappa shape index (κ3) is 2.36. The van der Waals surface area contributed by atoms with Crippen LogP contribution >= 0.6 is 0 Å². The molecule has 0 radical (unpaired) electrons. The van der Waals surface area contributed by atoms with Crippen molar-refractivity contribution in [1.29, 1.82) is 0 Å². The Morgan fingerprint density at radius 2 is 1.83 bits per heavy atom. The fraction of sp³-hybridized carbons (Fsp3) is 0.571. The van der Waals surface area contributed by atoms with Crippen LogP contribution in [0.25, 0.3) is 0 Å². The minimum atomic E-state index is -0.111. The second-order valence-corrected chi connectivity index (χ2v) is 5.05. The minimum Gasteiger partial charge on any atom is -0.497 e. The molecule has 2 unspecified atom stereocenters. The lowest BCUT2D eigenvalue weighted by molar-refractivity contribution is 0.0625. The van der Waals surface area contributed by atoms with Crippen molar-refractivity contribution in [2.24, 2.45) is 0 Å². The first-order chi connectivity index (χ1) is 8.78. The second kappa shape index (κ2) is 4.88. The summed E-state index contributed by atoms with van der Waals surface area (Å²) in [6.45, 7) is 0. The SMILES string of the molecule is COc1ccc(C2ON2C2CCC(O)CC2)cc1. The molecule has 1 aromatic carbocycles. The molecule has 0 aromatic heterocycles. The summed E-state index contributed by atoms with van der Waals surface area (Å²) in [4.78, 5) is 5.66. The zero-order chi connectivity index (χ0) is 12.5. The highest BCUT2D eigenvalue weighted by Crippen LogP contribution is 2.43. The van der Waals surface area contributed by atoms with E-state index in [1.807, 2.05) is 24.3 Å². The van der Waals surface area contributed by atoms with Gasteiger partial charge in [0.25, 0.3) is 0 Å². The van der Waals surface area contributed by atoms with Gasteiger partial charge in [0, 0.05) is 6.04 Å². The van der Waals surface area contributed by atoms with Crippen LogP contribution in [-0.2, 0) is 4.84 Å². The molecule has 1 N–H and O–H groups in total. The molecule has 3 rings (SSSR count). The average Bonchev–Trinajstić information content (AvgIpc) is 3.20. The Kier molecular flexibility index (Phi) is 3.24. The van der Waals surface area contributed by atoms with Crippen molar-refractivity contribution in [1.82, 2.24) is 5.06 Å². The average molecular weight is 249 g/mol. The number of hydrogen-bond donors (Lipinski definition) is 1. The second-order valence-electron chi connectivity index (χ2n) is 5.05. The summed E-state index contributed by atoms with van der Waals surface area (Å²) in [6, 6.07) is 8.46. The van der Waals surface area contributed by atoms with Crippen molar-refractivity contribution >= 4 is 0 Å². The monoisotopic (exact) mass is 249 g/mol. The molecule has 4 heteroatoms. The first kappa shape index (κ1) is 12.0. The van der Waals surface area contributed by atoms with Crippen molar-refractivity contribution in [2.75, 3.05) is 7.11 Å². The molecule has 2 atom stereocenters. The van der Waals surface area contributed by atoms with E-state index < -0.39 is 0 Å². The maximum Gasteiger partial charge on any atom is 0.180 e. The van der Waals surface area contributed by atoms with Gasteiger partial charge in [-0.3, -0.25) is 4.84 Å². The molecule has 0 bridgehead atoms. The molecule has 98 valence electrons. The fourth-order valence-electron chi connectivity index (χ4n) is 2.65. The molecule has 1 saturated carbocycles. The molecule has 4 nitrogen and oxygen atoms in total. The number of hydroxylamine groups is 2. The zero-order valence-electron chi connectivity index (χ0n) is 10.6. The molecule has 1 aliphatic heterocycles. The van der Waals surface area contributed by atoms with Gasteiger partial charge >= 0.3 is 0 Å². The number of aliphatic hydroxyl groups is 1. The van der Waals surface area contributed by atoms with Gasteiger partial charge in [-0.05, 0) is 43.4 Å². The Balaban J connectivity index is 1.59. The third-order valence-corrected chi connectivity index (χ3v) is 3.83. The van der Waals surface area contributed by atoms with E-state index in [2.05, 4.69) is 5.06 Å². The van der Waals surface area contributed by atoms with Crippen LogP contribution < -0.4 is 4.74 Å². The number of methoxy groups -OCH3 is 1. The molecule has 0 amide bonds. The van der Waals surface area contributed by atoms with Crippen molar-refractivity contribution in [3.05, 3.63) is 29.8 Å². The first-order valence-electron chi connectivity index (χ1n) is 6.55. The van der Waals surface area contributed by atoms with Crippen LogP contribution in [0.1, 0.15) is 37.5 Å². The summed E-state index contributed by atoms with van der Waals surface area (Å²) < 4.78 is 5.14. The van der Waals surface area contributed by atoms with Gasteiger partial charge in [-0.15, -0.1) is 5.06 Å². The van der Waals surface area contributed by atoms with E-state index >= 15 is 0 Å². The minimum absolute atomic E-state index is 0.0937. The molecular weight excluding hydrogens is 230 g/mol. The van der Waals surface area contributed by atoms with Gasteiger partial charge in [-0.2, -0.15) is 0 Å². The van der Waals surface area contributed by atoms with Crippen LogP contribution in [0.4, 0.5) is 0 Å². The van der Waals surface area contributed by atoms with Gasteiger partial charge in [0.2, 0.25) is 0 Å². The molecule has 2 aliphatic rings. The first-order valence-corrected chi connectivity index (χ1v) is 6.55. The smallest absolute Gasteiger partial charge is 0.180 e. The summed E-state index contributed by atoms with van der Waals surface area (Å²) in [7, 11) is 1.67. The van der Waals surface area contributed by atoms with Crippen LogP contribution in [0, 0.1) is 0 Å². The van der Waals surface area contributed by atoms with Gasteiger partial charge in [-0.1, -0.05) is 12.1 Å². The molecule has 1 heterocycles. The Labute approximate surface area is 107 Å². The topological polar surface area (TPSA) is 45.0 Å². The largest absolute Gasteiger partial charge is 0.497 e. The Morgan fingerprint density at radius 3 is 2.44 bits per heavy atom. The Hall–Kier alpha value is -1.10. The summed E-state index contributed by atoms with van der Waals surface area (Å²) in [6.07, 6.45) is 3.80. The maximum absolute atomic E-state index is 9.50. The Bertz CT molecular complexity index is 398. The predicted octanol–water partition coefficient (Wildman–Crippen LogP) is 2.24. The molecule has 1 saturated heterocycles. The van der Waals surface area contributed by atoms with E-state index in [4.69, 9.17) is 9.57 Å². The van der Waals surface area contributed by atoms with Crippen molar-refractivity contribution in [3.8, 4) is 5.75 Å². The van der Waals surface area contributed by atoms with Crippen LogP contribution in [0.5, 0.6) is 5.75 Å². The van der Waals surface area contributed by atoms with Crippen LogP contribution in [-0.4, -0.2) is 29.4 Å². The van der Waals surface area contributed by atoms with Gasteiger partial charge in [-0.25, -0.2) is 0 Å². The number of rotatable bonds is 3. The number of nitrogens with zero attached hydrogens (tertiary/aromatic N) is 1. The lowest BCUT2D eigenvalue weighted by Gasteiger charge is -2.24. The maximum atomic E-state index is 9.50. The van der Waals surface area contributed by atoms with Gasteiger partial charge in [0.1, 0.15) is 5.75 Å². The van der Waals surface area contributed by atoms with Gasteiger partial charge in [0.15, 0.2) is 6.23 Å². The summed E-state index contributed by atoms with van der Waals surface area (Å²) in [5, 5.41) is 11.6. The summed E-state index contributed by atoms with van der Waals surface area (Å²) >= 11 is 0. The summed E-state index contributed by atoms with van der Waals surface area (Å²) in [5.74, 6) is 0.867. The zero-order valence-corrected chi connectivity index (χ0v) is 10.6. The van der Waals surface area contributed by atoms with E-state index in [1.165, 1.54) is 5.56 Å². The lowest BCUT2D eigenvalue weighted by Crippen LogP contribution is -2.27. The van der Waals surface area contributed by atoms with E-state index in [-0.39, 0.29) is 12.3 Å². The summed E-state index contributed by atoms with van der Waals surface area (Å²) in [5.41, 5.74) is 1.17. The van der Waals surface area contributed by atoms with E-state index in [9.17, 15) is 5.11 Å². The van der Waals surface area contributed by atoms with Crippen molar-refractivity contribution < 1.29 is 14.7 Å². The molecule has 18 heavy (non-hydrogen) atoms. The van der Waals surface area contributed by atoms with Crippen LogP contribution in [0.15, 0.2) is 24.3 Å². The highest BCUT2D eigenvalue weighted by Gasteiger charge is 2.44. The molecule has 1 aliphatic carbocycles. The van der Waals surface area contributed by atoms with Crippen molar-refractivity contribution in [2.45, 2.75) is 44.1 Å². The predicted molar refractivity (Wildman–Crippen MR) is 66.9 cm³/mol. The number of hydrogen-bond acceptors (Lipinski definition) is 4. The molecule has 2 fully saturated rings. The van der Waals surface area contributed by atoms with Crippen LogP contribution in [0.3, 0.4) is 0 Å².